The molecule has 0 bridgehead atoms. The first-order chi connectivity index (χ1) is 5.82. The molecule has 0 saturated carbocycles. The highest BCUT2D eigenvalue weighted by Crippen LogP contribution is 2.29. The molecule has 0 saturated heterocycles. The van der Waals surface area contributed by atoms with Crippen molar-refractivity contribution in [3.8, 4) is 0 Å². The highest BCUT2D eigenvalue weighted by atomic mass is 19.4. The molecule has 0 aliphatic heterocycles. The Morgan fingerprint density at radius 3 is 2.23 bits per heavy atom. The van der Waals surface area contributed by atoms with Crippen molar-refractivity contribution in [1.29, 1.82) is 0 Å². The molecule has 1 rings (SSSR count). The Hall–Kier alpha value is -1.20. The van der Waals surface area contributed by atoms with Crippen LogP contribution in [0.5, 0.6) is 0 Å². The van der Waals surface area contributed by atoms with E-state index >= 15 is 0 Å². The van der Waals surface area contributed by atoms with Crippen LogP contribution in [-0.4, -0.2) is 9.78 Å². The van der Waals surface area contributed by atoms with Crippen LogP contribution in [0, 0.1) is 0 Å². The van der Waals surface area contributed by atoms with Crippen LogP contribution in [0.15, 0.2) is 6.07 Å². The first-order valence-corrected chi connectivity index (χ1v) is 3.74. The molecule has 2 N–H and O–H groups in total. The van der Waals surface area contributed by atoms with Crippen molar-refractivity contribution < 1.29 is 13.2 Å². The topological polar surface area (TPSA) is 43.8 Å². The van der Waals surface area contributed by atoms with E-state index in [1.165, 1.54) is 0 Å². The van der Waals surface area contributed by atoms with Crippen LogP contribution >= 0.6 is 0 Å². The second kappa shape index (κ2) is 2.93. The molecule has 0 unspecified atom stereocenters. The quantitative estimate of drug-likeness (QED) is 0.741. The van der Waals surface area contributed by atoms with E-state index in [4.69, 9.17) is 5.73 Å². The van der Waals surface area contributed by atoms with Crippen LogP contribution in [0.2, 0.25) is 0 Å². The minimum atomic E-state index is -4.42. The summed E-state index contributed by atoms with van der Waals surface area (Å²) in [4.78, 5) is 0. The molecule has 13 heavy (non-hydrogen) atoms. The molecule has 74 valence electrons. The van der Waals surface area contributed by atoms with Gasteiger partial charge in [-0.1, -0.05) is 0 Å². The molecule has 0 spiro atoms. The second-order valence-corrected chi connectivity index (χ2v) is 2.99. The SMILES string of the molecule is CC(C)n1nc(C(F)(F)F)cc1N. The molecule has 0 fully saturated rings. The summed E-state index contributed by atoms with van der Waals surface area (Å²) in [6.07, 6.45) is -4.42. The number of nitrogens with two attached hydrogens (primary N) is 1. The molecule has 1 heterocycles. The minimum absolute atomic E-state index is 0.0299. The van der Waals surface area contributed by atoms with Gasteiger partial charge in [-0.3, -0.25) is 0 Å². The molecule has 0 aliphatic rings. The summed E-state index contributed by atoms with van der Waals surface area (Å²) in [6.45, 7) is 3.42. The van der Waals surface area contributed by atoms with E-state index in [1.54, 1.807) is 13.8 Å². The molecule has 0 radical (unpaired) electrons. The van der Waals surface area contributed by atoms with Crippen LogP contribution in [0.4, 0.5) is 19.0 Å². The Morgan fingerprint density at radius 2 is 2.00 bits per heavy atom. The molecule has 3 nitrogen and oxygen atoms in total. The summed E-state index contributed by atoms with van der Waals surface area (Å²) in [6, 6.07) is 0.663. The first kappa shape index (κ1) is 9.88. The molecule has 1 aromatic rings. The van der Waals surface area contributed by atoms with Crippen LogP contribution in [0.25, 0.3) is 0 Å². The van der Waals surface area contributed by atoms with Gasteiger partial charge in [0.1, 0.15) is 5.82 Å². The van der Waals surface area contributed by atoms with Gasteiger partial charge in [-0.2, -0.15) is 18.3 Å². The van der Waals surface area contributed by atoms with Gasteiger partial charge >= 0.3 is 6.18 Å². The Labute approximate surface area is 73.3 Å². The van der Waals surface area contributed by atoms with Gasteiger partial charge in [-0.25, -0.2) is 4.68 Å². The van der Waals surface area contributed by atoms with Gasteiger partial charge in [-0.15, -0.1) is 0 Å². The third-order valence-electron chi connectivity index (χ3n) is 1.54. The van der Waals surface area contributed by atoms with Crippen molar-refractivity contribution in [2.24, 2.45) is 0 Å². The van der Waals surface area contributed by atoms with Gasteiger partial charge in [0.15, 0.2) is 5.69 Å². The minimum Gasteiger partial charge on any atom is -0.384 e. The number of aromatic nitrogens is 2. The van der Waals surface area contributed by atoms with E-state index in [0.717, 1.165) is 10.7 Å². The van der Waals surface area contributed by atoms with Crippen molar-refractivity contribution >= 4 is 5.82 Å². The third-order valence-corrected chi connectivity index (χ3v) is 1.54. The van der Waals surface area contributed by atoms with Gasteiger partial charge < -0.3 is 5.73 Å². The number of nitrogens with zero attached hydrogens (tertiary/aromatic N) is 2. The summed E-state index contributed by atoms with van der Waals surface area (Å²) in [5, 5.41) is 3.35. The molecule has 0 aromatic carbocycles. The van der Waals surface area contributed by atoms with Crippen molar-refractivity contribution in [1.82, 2.24) is 9.78 Å². The lowest BCUT2D eigenvalue weighted by molar-refractivity contribution is -0.141. The summed E-state index contributed by atoms with van der Waals surface area (Å²) in [5.74, 6) is 0.0299. The average molecular weight is 193 g/mol. The fourth-order valence-electron chi connectivity index (χ4n) is 0.961. The Bertz CT molecular complexity index is 300. The lowest BCUT2D eigenvalue weighted by Gasteiger charge is -2.06. The van der Waals surface area contributed by atoms with Gasteiger partial charge in [0.05, 0.1) is 0 Å². The fraction of sp³-hybridized carbons (Fsp3) is 0.571. The van der Waals surface area contributed by atoms with Gasteiger partial charge in [0.25, 0.3) is 0 Å². The van der Waals surface area contributed by atoms with E-state index < -0.39 is 11.9 Å². The maximum Gasteiger partial charge on any atom is 0.435 e. The standard InChI is InChI=1S/C7H10F3N3/c1-4(2)13-6(11)3-5(12-13)7(8,9)10/h3-4H,11H2,1-2H3. The Balaban J connectivity index is 3.10. The zero-order valence-corrected chi connectivity index (χ0v) is 7.26. The number of hydrogen-bond donors (Lipinski definition) is 1. The van der Waals surface area contributed by atoms with Crippen LogP contribution in [-0.2, 0) is 6.18 Å². The molecule has 1 aromatic heterocycles. The normalized spacial score (nSPS) is 12.5. The largest absolute Gasteiger partial charge is 0.435 e. The smallest absolute Gasteiger partial charge is 0.384 e. The predicted octanol–water partition coefficient (Wildman–Crippen LogP) is 2.06. The van der Waals surface area contributed by atoms with E-state index in [0.29, 0.717) is 0 Å². The summed E-state index contributed by atoms with van der Waals surface area (Å²) in [7, 11) is 0. The van der Waals surface area contributed by atoms with Crippen molar-refractivity contribution in [2.45, 2.75) is 26.1 Å². The van der Waals surface area contributed by atoms with Gasteiger partial charge in [0, 0.05) is 12.1 Å². The number of rotatable bonds is 1. The van der Waals surface area contributed by atoms with E-state index in [1.807, 2.05) is 0 Å². The zero-order chi connectivity index (χ0) is 10.2. The molecular formula is C7H10F3N3. The lowest BCUT2D eigenvalue weighted by Crippen LogP contribution is -2.10. The summed E-state index contributed by atoms with van der Waals surface area (Å²) in [5.41, 5.74) is 4.39. The van der Waals surface area contributed by atoms with Gasteiger partial charge in [-0.05, 0) is 13.8 Å². The number of anilines is 1. The average Bonchev–Trinajstić information content (AvgIpc) is 2.29. The van der Waals surface area contributed by atoms with Crippen LogP contribution in [0.1, 0.15) is 25.6 Å². The van der Waals surface area contributed by atoms with Crippen LogP contribution < -0.4 is 5.73 Å². The van der Waals surface area contributed by atoms with E-state index in [9.17, 15) is 13.2 Å². The first-order valence-electron chi connectivity index (χ1n) is 3.74. The molecule has 6 heteroatoms. The summed E-state index contributed by atoms with van der Waals surface area (Å²) >= 11 is 0. The number of hydrogen-bond acceptors (Lipinski definition) is 2. The van der Waals surface area contributed by atoms with Crippen molar-refractivity contribution in [3.05, 3.63) is 11.8 Å². The Morgan fingerprint density at radius 1 is 1.46 bits per heavy atom. The number of alkyl halides is 3. The second-order valence-electron chi connectivity index (χ2n) is 2.99. The highest BCUT2D eigenvalue weighted by molar-refractivity contribution is 5.32. The fourth-order valence-corrected chi connectivity index (χ4v) is 0.961. The highest BCUT2D eigenvalue weighted by Gasteiger charge is 2.34. The van der Waals surface area contributed by atoms with E-state index in [2.05, 4.69) is 5.10 Å². The van der Waals surface area contributed by atoms with Crippen LogP contribution in [0.3, 0.4) is 0 Å². The van der Waals surface area contributed by atoms with Crippen molar-refractivity contribution in [3.63, 3.8) is 0 Å². The number of nitrogen functional groups attached to an aromatic ring is 1. The summed E-state index contributed by atoms with van der Waals surface area (Å²) < 4.78 is 37.5. The van der Waals surface area contributed by atoms with E-state index in [-0.39, 0.29) is 11.9 Å². The molecule has 0 aliphatic carbocycles. The molecule has 0 amide bonds. The number of halogens is 3. The third kappa shape index (κ3) is 1.93. The van der Waals surface area contributed by atoms with Gasteiger partial charge in [0.2, 0.25) is 0 Å². The predicted molar refractivity (Wildman–Crippen MR) is 42.0 cm³/mol. The molecule has 0 atom stereocenters. The lowest BCUT2D eigenvalue weighted by atomic mass is 10.4. The maximum absolute atomic E-state index is 12.1. The maximum atomic E-state index is 12.1. The van der Waals surface area contributed by atoms with Crippen molar-refractivity contribution in [2.75, 3.05) is 5.73 Å². The molecular weight excluding hydrogens is 183 g/mol. The zero-order valence-electron chi connectivity index (χ0n) is 7.26. The monoisotopic (exact) mass is 193 g/mol. The Kier molecular flexibility index (Phi) is 2.23.